The molecule has 2 unspecified atom stereocenters. The van der Waals surface area contributed by atoms with Crippen LogP contribution in [-0.4, -0.2) is 58.4 Å². The van der Waals surface area contributed by atoms with Gasteiger partial charge in [-0.2, -0.15) is 10.2 Å². The Morgan fingerprint density at radius 1 is 1.26 bits per heavy atom. The standard InChI is InChI=1S/C24H30N6O3S/c1-24(2)9-8-18-19(12-24)28-29-21(18)23(31)27-17-13-26-30(15-17)22(16-6-4-3-5-7-16)20-14-25-10-11-34(20,32)33/h3-7,13,15,20,22,25H,8-12,14H2,1-2H3,(H,27,31)(H,28,29). The highest BCUT2D eigenvalue weighted by Crippen LogP contribution is 2.35. The van der Waals surface area contributed by atoms with Crippen LogP contribution in [0.15, 0.2) is 42.7 Å². The van der Waals surface area contributed by atoms with Crippen molar-refractivity contribution in [3.05, 3.63) is 65.2 Å². The maximum Gasteiger partial charge on any atom is 0.276 e. The van der Waals surface area contributed by atoms with Crippen LogP contribution in [-0.2, 0) is 22.7 Å². The van der Waals surface area contributed by atoms with Crippen molar-refractivity contribution in [2.75, 3.05) is 24.2 Å². The van der Waals surface area contributed by atoms with Crippen LogP contribution < -0.4 is 10.6 Å². The van der Waals surface area contributed by atoms with E-state index in [2.05, 4.69) is 39.8 Å². The number of H-pyrrole nitrogens is 1. The predicted octanol–water partition coefficient (Wildman–Crippen LogP) is 2.35. The molecule has 3 N–H and O–H groups in total. The topological polar surface area (TPSA) is 122 Å². The Balaban J connectivity index is 1.41. The van der Waals surface area contributed by atoms with Crippen LogP contribution in [0.3, 0.4) is 0 Å². The molecule has 1 fully saturated rings. The van der Waals surface area contributed by atoms with Crippen LogP contribution >= 0.6 is 0 Å². The van der Waals surface area contributed by atoms with Gasteiger partial charge in [-0.15, -0.1) is 0 Å². The number of anilines is 1. The Labute approximate surface area is 199 Å². The van der Waals surface area contributed by atoms with E-state index in [1.165, 1.54) is 0 Å². The fraction of sp³-hybridized carbons (Fsp3) is 0.458. The third-order valence-corrected chi connectivity index (χ3v) is 9.00. The number of hydrogen-bond donors (Lipinski definition) is 3. The summed E-state index contributed by atoms with van der Waals surface area (Å²) in [5.74, 6) is -0.201. The van der Waals surface area contributed by atoms with E-state index in [0.29, 0.717) is 24.5 Å². The van der Waals surface area contributed by atoms with Gasteiger partial charge in [0.15, 0.2) is 15.5 Å². The Morgan fingerprint density at radius 2 is 2.06 bits per heavy atom. The number of sulfone groups is 1. The second kappa shape index (κ2) is 8.66. The lowest BCUT2D eigenvalue weighted by molar-refractivity contribution is 0.102. The number of fused-ring (bicyclic) bond motifs is 1. The zero-order chi connectivity index (χ0) is 23.9. The number of hydrogen-bond acceptors (Lipinski definition) is 6. The van der Waals surface area contributed by atoms with Crippen molar-refractivity contribution >= 4 is 21.4 Å². The van der Waals surface area contributed by atoms with E-state index in [1.54, 1.807) is 17.1 Å². The Morgan fingerprint density at radius 3 is 2.82 bits per heavy atom. The van der Waals surface area contributed by atoms with Crippen molar-refractivity contribution in [1.29, 1.82) is 0 Å². The first-order valence-electron chi connectivity index (χ1n) is 11.6. The van der Waals surface area contributed by atoms with Crippen LogP contribution in [0.4, 0.5) is 5.69 Å². The van der Waals surface area contributed by atoms with Crippen molar-refractivity contribution < 1.29 is 13.2 Å². The first kappa shape index (κ1) is 22.8. The van der Waals surface area contributed by atoms with Crippen molar-refractivity contribution in [2.24, 2.45) is 5.41 Å². The second-order valence-electron chi connectivity index (χ2n) is 10.00. The fourth-order valence-electron chi connectivity index (χ4n) is 5.01. The Kier molecular flexibility index (Phi) is 5.81. The molecule has 1 amide bonds. The average Bonchev–Trinajstić information content (AvgIpc) is 3.42. The van der Waals surface area contributed by atoms with E-state index < -0.39 is 21.1 Å². The monoisotopic (exact) mass is 482 g/mol. The molecular formula is C24H30N6O3S. The molecule has 0 radical (unpaired) electrons. The summed E-state index contributed by atoms with van der Waals surface area (Å²) in [4.78, 5) is 13.0. The van der Waals surface area contributed by atoms with Crippen molar-refractivity contribution in [3.8, 4) is 0 Å². The first-order valence-corrected chi connectivity index (χ1v) is 13.3. The number of carbonyl (C=O) groups excluding carboxylic acids is 1. The first-order chi connectivity index (χ1) is 16.2. The number of nitrogens with one attached hydrogen (secondary N) is 3. The average molecular weight is 483 g/mol. The van der Waals surface area contributed by atoms with Gasteiger partial charge in [0.2, 0.25) is 0 Å². The van der Waals surface area contributed by atoms with E-state index >= 15 is 0 Å². The predicted molar refractivity (Wildman–Crippen MR) is 130 cm³/mol. The summed E-state index contributed by atoms with van der Waals surface area (Å²) in [5, 5.41) is 17.2. The summed E-state index contributed by atoms with van der Waals surface area (Å²) >= 11 is 0. The van der Waals surface area contributed by atoms with Crippen molar-refractivity contribution in [1.82, 2.24) is 25.3 Å². The van der Waals surface area contributed by atoms with Crippen LogP contribution in [0.25, 0.3) is 0 Å². The lowest BCUT2D eigenvalue weighted by Gasteiger charge is -2.31. The molecule has 2 atom stereocenters. The molecule has 2 aliphatic rings. The molecule has 1 saturated heterocycles. The number of nitrogens with zero attached hydrogens (tertiary/aromatic N) is 3. The van der Waals surface area contributed by atoms with E-state index in [4.69, 9.17) is 0 Å². The second-order valence-corrected chi connectivity index (χ2v) is 12.3. The number of benzene rings is 1. The highest BCUT2D eigenvalue weighted by Gasteiger charge is 2.38. The molecule has 3 heterocycles. The molecular weight excluding hydrogens is 452 g/mol. The van der Waals surface area contributed by atoms with Gasteiger partial charge in [0.05, 0.1) is 23.7 Å². The SMILES string of the molecule is CC1(C)CCc2c(C(=O)Nc3cnn(C(c4ccccc4)C4CNCCS4(=O)=O)c3)n[nH]c2C1. The summed E-state index contributed by atoms with van der Waals surface area (Å²) in [7, 11) is -3.31. The maximum absolute atomic E-state index is 13.0. The minimum atomic E-state index is -3.31. The fourth-order valence-corrected chi connectivity index (χ4v) is 6.79. The van der Waals surface area contributed by atoms with Crippen LogP contribution in [0.5, 0.6) is 0 Å². The smallest absolute Gasteiger partial charge is 0.276 e. The number of rotatable bonds is 5. The van der Waals surface area contributed by atoms with E-state index in [-0.39, 0.29) is 17.1 Å². The minimum absolute atomic E-state index is 0.0902. The minimum Gasteiger partial charge on any atom is -0.318 e. The van der Waals surface area contributed by atoms with E-state index in [9.17, 15) is 13.2 Å². The molecule has 3 aromatic rings. The summed E-state index contributed by atoms with van der Waals surface area (Å²) < 4.78 is 27.5. The van der Waals surface area contributed by atoms with Gasteiger partial charge in [-0.25, -0.2) is 8.42 Å². The maximum atomic E-state index is 13.0. The third-order valence-electron chi connectivity index (χ3n) is 6.88. The van der Waals surface area contributed by atoms with Crippen LogP contribution in [0.1, 0.15) is 53.6 Å². The van der Waals surface area contributed by atoms with Crippen LogP contribution in [0.2, 0.25) is 0 Å². The van der Waals surface area contributed by atoms with Gasteiger partial charge in [0.1, 0.15) is 5.25 Å². The van der Waals surface area contributed by atoms with Gasteiger partial charge in [0, 0.05) is 30.5 Å². The van der Waals surface area contributed by atoms with Crippen molar-refractivity contribution in [2.45, 2.75) is 44.4 Å². The van der Waals surface area contributed by atoms with Gasteiger partial charge in [-0.1, -0.05) is 44.2 Å². The van der Waals surface area contributed by atoms with Gasteiger partial charge in [-0.3, -0.25) is 14.6 Å². The molecule has 34 heavy (non-hydrogen) atoms. The molecule has 5 rings (SSSR count). The van der Waals surface area contributed by atoms with Gasteiger partial charge >= 0.3 is 0 Å². The van der Waals surface area contributed by atoms with Gasteiger partial charge in [-0.05, 0) is 30.2 Å². The molecule has 2 aromatic heterocycles. The molecule has 0 spiro atoms. The lowest BCUT2D eigenvalue weighted by atomic mass is 9.76. The summed E-state index contributed by atoms with van der Waals surface area (Å²) in [6.07, 6.45) is 5.92. The summed E-state index contributed by atoms with van der Waals surface area (Å²) in [5.41, 5.74) is 3.96. The van der Waals surface area contributed by atoms with E-state index in [1.807, 2.05) is 30.3 Å². The molecule has 0 saturated carbocycles. The largest absolute Gasteiger partial charge is 0.318 e. The zero-order valence-corrected chi connectivity index (χ0v) is 20.2. The molecule has 9 nitrogen and oxygen atoms in total. The van der Waals surface area contributed by atoms with Crippen molar-refractivity contribution in [3.63, 3.8) is 0 Å². The van der Waals surface area contributed by atoms with Gasteiger partial charge in [0.25, 0.3) is 5.91 Å². The quantitative estimate of drug-likeness (QED) is 0.513. The molecule has 180 valence electrons. The number of carbonyl (C=O) groups is 1. The molecule has 1 aromatic carbocycles. The lowest BCUT2D eigenvalue weighted by Crippen LogP contribution is -2.48. The highest BCUT2D eigenvalue weighted by atomic mass is 32.2. The van der Waals surface area contributed by atoms with E-state index in [0.717, 1.165) is 36.1 Å². The summed E-state index contributed by atoms with van der Waals surface area (Å²) in [6, 6.07) is 8.98. The van der Waals surface area contributed by atoms with Gasteiger partial charge < -0.3 is 10.6 Å². The molecule has 10 heteroatoms. The molecule has 1 aliphatic carbocycles. The number of amides is 1. The Bertz CT molecular complexity index is 1300. The zero-order valence-electron chi connectivity index (χ0n) is 19.4. The number of aromatic amines is 1. The highest BCUT2D eigenvalue weighted by molar-refractivity contribution is 7.92. The molecule has 0 bridgehead atoms. The van der Waals surface area contributed by atoms with Crippen LogP contribution in [0, 0.1) is 5.41 Å². The molecule has 1 aliphatic heterocycles. The third kappa shape index (κ3) is 4.39. The normalized spacial score (nSPS) is 22.0. The number of aromatic nitrogens is 4. The Hall–Kier alpha value is -2.98. The summed E-state index contributed by atoms with van der Waals surface area (Å²) in [6.45, 7) is 5.23.